The predicted molar refractivity (Wildman–Crippen MR) is 158 cm³/mol. The van der Waals surface area contributed by atoms with Crippen LogP contribution >= 0.6 is 0 Å². The van der Waals surface area contributed by atoms with Crippen LogP contribution in [0.5, 0.6) is 6.01 Å². The van der Waals surface area contributed by atoms with Crippen molar-refractivity contribution in [2.45, 2.75) is 122 Å². The number of aromatic nitrogens is 2. The average molecular weight is 610 g/mol. The van der Waals surface area contributed by atoms with Crippen LogP contribution in [0, 0.1) is 40.9 Å². The van der Waals surface area contributed by atoms with E-state index in [0.29, 0.717) is 23.7 Å². The summed E-state index contributed by atoms with van der Waals surface area (Å²) in [6.07, 6.45) is 10.3. The smallest absolute Gasteiger partial charge is 0.421 e. The van der Waals surface area contributed by atoms with Crippen molar-refractivity contribution in [2.24, 2.45) is 40.9 Å². The van der Waals surface area contributed by atoms with Gasteiger partial charge in [-0.2, -0.15) is 0 Å². The van der Waals surface area contributed by atoms with E-state index in [-0.39, 0.29) is 53.1 Å². The second-order valence-corrected chi connectivity index (χ2v) is 15.3. The van der Waals surface area contributed by atoms with Crippen molar-refractivity contribution in [1.82, 2.24) is 14.7 Å². The first-order chi connectivity index (χ1) is 19.8. The summed E-state index contributed by atoms with van der Waals surface area (Å²) < 4.78 is 37.8. The lowest BCUT2D eigenvalue weighted by atomic mass is 9.49. The summed E-state index contributed by atoms with van der Waals surface area (Å²) in [6, 6.07) is 0.0547. The number of fused-ring (bicyclic) bond motifs is 1. The molecule has 3 saturated carbocycles. The molecular formula is C31H51N3O7S. The zero-order chi connectivity index (χ0) is 30.7. The zero-order valence-electron chi connectivity index (χ0n) is 25.9. The van der Waals surface area contributed by atoms with E-state index in [1.165, 1.54) is 0 Å². The van der Waals surface area contributed by atoms with Crippen LogP contribution in [-0.2, 0) is 14.8 Å². The molecule has 11 heteroatoms. The van der Waals surface area contributed by atoms with Gasteiger partial charge in [0.05, 0.1) is 37.3 Å². The molecule has 3 aliphatic carbocycles. The Morgan fingerprint density at radius 3 is 2.50 bits per heavy atom. The molecule has 0 saturated heterocycles. The van der Waals surface area contributed by atoms with E-state index < -0.39 is 16.1 Å². The van der Waals surface area contributed by atoms with E-state index in [4.69, 9.17) is 9.47 Å². The second-order valence-electron chi connectivity index (χ2n) is 13.6. The zero-order valence-corrected chi connectivity index (χ0v) is 26.7. The van der Waals surface area contributed by atoms with Gasteiger partial charge in [-0.05, 0) is 106 Å². The van der Waals surface area contributed by atoms with E-state index in [9.17, 15) is 23.4 Å². The first-order valence-electron chi connectivity index (χ1n) is 15.9. The molecule has 3 N–H and O–H groups in total. The first kappa shape index (κ1) is 32.9. The Morgan fingerprint density at radius 1 is 1.12 bits per heavy atom. The molecule has 1 heterocycles. The summed E-state index contributed by atoms with van der Waals surface area (Å²) in [5.41, 5.74) is 0.154. The van der Waals surface area contributed by atoms with E-state index in [2.05, 4.69) is 23.8 Å². The van der Waals surface area contributed by atoms with Gasteiger partial charge in [-0.3, -0.25) is 0 Å². The maximum atomic E-state index is 12.6. The van der Waals surface area contributed by atoms with Gasteiger partial charge in [0.15, 0.2) is 0 Å². The van der Waals surface area contributed by atoms with Gasteiger partial charge >= 0.3 is 12.1 Å². The number of ether oxygens (including phenoxy) is 2. The molecule has 1 amide bonds. The van der Waals surface area contributed by atoms with Crippen LogP contribution in [-0.4, -0.2) is 59.6 Å². The van der Waals surface area contributed by atoms with Crippen molar-refractivity contribution in [1.29, 1.82) is 0 Å². The number of carbonyl (C=O) groups is 1. The number of rotatable bonds is 11. The number of carbonyl (C=O) groups excluding carboxylic acids is 1. The highest BCUT2D eigenvalue weighted by Gasteiger charge is 2.55. The lowest BCUT2D eigenvalue weighted by Gasteiger charge is -2.57. The van der Waals surface area contributed by atoms with E-state index in [1.54, 1.807) is 13.8 Å². The Hall–Kier alpha value is -1.98. The van der Waals surface area contributed by atoms with E-state index in [0.717, 1.165) is 76.6 Å². The van der Waals surface area contributed by atoms with Gasteiger partial charge < -0.3 is 19.7 Å². The molecule has 42 heavy (non-hydrogen) atoms. The van der Waals surface area contributed by atoms with Crippen molar-refractivity contribution in [3.05, 3.63) is 12.4 Å². The Labute approximate surface area is 251 Å². The number of hydrogen-bond acceptors (Lipinski definition) is 9. The molecule has 238 valence electrons. The summed E-state index contributed by atoms with van der Waals surface area (Å²) in [6.45, 7) is 10.4. The minimum Gasteiger partial charge on any atom is -0.461 e. The van der Waals surface area contributed by atoms with Crippen LogP contribution in [0.4, 0.5) is 4.79 Å². The largest absolute Gasteiger partial charge is 0.461 e. The monoisotopic (exact) mass is 609 g/mol. The Bertz CT molecular complexity index is 1150. The van der Waals surface area contributed by atoms with Crippen LogP contribution in [0.15, 0.2) is 17.3 Å². The molecule has 3 aliphatic rings. The Kier molecular flexibility index (Phi) is 10.8. The van der Waals surface area contributed by atoms with Gasteiger partial charge in [0, 0.05) is 0 Å². The first-order valence-corrected chi connectivity index (χ1v) is 17.4. The van der Waals surface area contributed by atoms with Crippen LogP contribution in [0.1, 0.15) is 98.8 Å². The predicted octanol–water partition coefficient (Wildman–Crippen LogP) is 5.09. The third kappa shape index (κ3) is 7.56. The fraction of sp³-hybridized carbons (Fsp3) is 0.839. The van der Waals surface area contributed by atoms with E-state index >= 15 is 0 Å². The summed E-state index contributed by atoms with van der Waals surface area (Å²) in [4.78, 5) is 19.9. The molecule has 10 nitrogen and oxygen atoms in total. The average Bonchev–Trinajstić information content (AvgIpc) is 3.41. The number of hydrogen-bond donors (Lipinski definition) is 3. The Morgan fingerprint density at radius 2 is 1.83 bits per heavy atom. The molecule has 1 aromatic heterocycles. The molecule has 1 aromatic rings. The molecular weight excluding hydrogens is 558 g/mol. The van der Waals surface area contributed by atoms with Crippen molar-refractivity contribution in [3.8, 4) is 6.01 Å². The van der Waals surface area contributed by atoms with Crippen LogP contribution in [0.2, 0.25) is 0 Å². The number of aliphatic hydroxyl groups excluding tert-OH is 2. The summed E-state index contributed by atoms with van der Waals surface area (Å²) in [5.74, 6) is 1.86. The lowest BCUT2D eigenvalue weighted by Crippen LogP contribution is -2.54. The molecule has 0 bridgehead atoms. The minimum absolute atomic E-state index is 0.0547. The number of nitrogens with zero attached hydrogens (tertiary/aromatic N) is 2. The topological polar surface area (TPSA) is 148 Å². The van der Waals surface area contributed by atoms with Crippen LogP contribution in [0.3, 0.4) is 0 Å². The van der Waals surface area contributed by atoms with Crippen molar-refractivity contribution in [2.75, 3.05) is 6.61 Å². The summed E-state index contributed by atoms with van der Waals surface area (Å²) in [7, 11) is -4.18. The number of sulfonamides is 1. The minimum atomic E-state index is -4.18. The second kappa shape index (κ2) is 13.8. The summed E-state index contributed by atoms with van der Waals surface area (Å²) in [5, 5.41) is 21.8. The maximum absolute atomic E-state index is 12.6. The molecule has 0 aliphatic heterocycles. The molecule has 0 unspecified atom stereocenters. The highest BCUT2D eigenvalue weighted by atomic mass is 32.2. The number of nitrogens with one attached hydrogen (secondary N) is 1. The van der Waals surface area contributed by atoms with Crippen molar-refractivity contribution >= 4 is 16.1 Å². The van der Waals surface area contributed by atoms with E-state index in [1.807, 2.05) is 11.6 Å². The fourth-order valence-electron chi connectivity index (χ4n) is 8.17. The highest BCUT2D eigenvalue weighted by molar-refractivity contribution is 7.90. The standard InChI is InChI=1S/C31H51N3O7S/c1-6-7-8-26-28(27(36)15-23-14-24(35)11-12-31(23,26)5)22-10-9-21(13-22)20(4)18-40-30(37)34-42(38,39)25-16-32-29(33-17-25)41-19(2)3/h16-17,19-24,26-28,35-36H,6-15,18H2,1-5H3,(H,34,37)/t20-,21+,22-,23+,24+,26+,27-,28+,31+/m1/s1. The molecule has 3 fully saturated rings. The quantitative estimate of drug-likeness (QED) is 0.312. The molecule has 0 spiro atoms. The molecule has 0 aromatic carbocycles. The van der Waals surface area contributed by atoms with Gasteiger partial charge in [-0.25, -0.2) is 27.9 Å². The highest BCUT2D eigenvalue weighted by Crippen LogP contribution is 2.60. The van der Waals surface area contributed by atoms with Crippen LogP contribution in [0.25, 0.3) is 0 Å². The van der Waals surface area contributed by atoms with Crippen molar-refractivity contribution in [3.63, 3.8) is 0 Å². The van der Waals surface area contributed by atoms with Crippen LogP contribution < -0.4 is 9.46 Å². The SMILES string of the molecule is CCCC[C@H]1[C@H]([C@@H]2CC[C@H]([C@H](C)COC(=O)NS(=O)(=O)c3cnc(OC(C)C)nc3)C2)[C@H](O)C[C@@H]2C[C@@H](O)CC[C@@]21C. The van der Waals surface area contributed by atoms with Gasteiger partial charge in [0.25, 0.3) is 10.0 Å². The normalized spacial score (nSPS) is 34.0. The van der Waals surface area contributed by atoms with Gasteiger partial charge in [0.2, 0.25) is 0 Å². The number of aliphatic hydroxyl groups is 2. The molecule has 9 atom stereocenters. The van der Waals surface area contributed by atoms with Gasteiger partial charge in [-0.15, -0.1) is 0 Å². The van der Waals surface area contributed by atoms with Crippen molar-refractivity contribution < 1.29 is 32.9 Å². The van der Waals surface area contributed by atoms with Gasteiger partial charge in [0.1, 0.15) is 4.90 Å². The number of amides is 1. The lowest BCUT2D eigenvalue weighted by molar-refractivity contribution is -0.138. The third-order valence-electron chi connectivity index (χ3n) is 10.5. The maximum Gasteiger partial charge on any atom is 0.421 e. The fourth-order valence-corrected chi connectivity index (χ4v) is 8.95. The number of unbranched alkanes of at least 4 members (excludes halogenated alkanes) is 1. The van der Waals surface area contributed by atoms with Gasteiger partial charge in [-0.1, -0.05) is 33.6 Å². The molecule has 4 rings (SSSR count). The molecule has 0 radical (unpaired) electrons. The Balaban J connectivity index is 1.32. The summed E-state index contributed by atoms with van der Waals surface area (Å²) >= 11 is 0. The third-order valence-corrected chi connectivity index (χ3v) is 11.7.